The molecular weight excluding hydrogens is 396 g/mol. The number of nitrogens with zero attached hydrogens (tertiary/aromatic N) is 2. The molecule has 2 heterocycles. The summed E-state index contributed by atoms with van der Waals surface area (Å²) < 4.78 is 5.63. The maximum absolute atomic E-state index is 14.7. The van der Waals surface area contributed by atoms with Crippen LogP contribution in [0.4, 0.5) is 0 Å². The minimum atomic E-state index is -0.694. The molecule has 0 aliphatic carbocycles. The lowest BCUT2D eigenvalue weighted by molar-refractivity contribution is -0.138. The van der Waals surface area contributed by atoms with Crippen molar-refractivity contribution in [2.75, 3.05) is 45.9 Å². The molecule has 0 radical (unpaired) electrons. The zero-order chi connectivity index (χ0) is 22.4. The molecule has 1 amide bonds. The minimum Gasteiger partial charge on any atom is -0.379 e. The van der Waals surface area contributed by atoms with Crippen molar-refractivity contribution in [3.63, 3.8) is 0 Å². The van der Waals surface area contributed by atoms with Gasteiger partial charge in [0.05, 0.1) is 13.2 Å². The van der Waals surface area contributed by atoms with E-state index in [1.807, 2.05) is 0 Å². The van der Waals surface area contributed by atoms with Crippen LogP contribution in [0.1, 0.15) is 44.2 Å². The number of carbonyl (C=O) groups is 1. The highest BCUT2D eigenvalue weighted by molar-refractivity contribution is 5.93. The van der Waals surface area contributed by atoms with Crippen LogP contribution in [0, 0.1) is 11.8 Å². The molecule has 2 aromatic rings. The number of morpholine rings is 1. The van der Waals surface area contributed by atoms with E-state index >= 15 is 0 Å². The standard InChI is InChI=1S/C28H38N2O2/c1-3-23(2)26(22-29-18-20-32-21-19-29)28(24-12-6-4-7-13-24,25-14-8-5-9-15-25)27(31)30-16-10-11-17-30/h4-9,12-15,23,26H,3,10-11,16-22H2,1-2H3/t23-,26-/m1/s1. The van der Waals surface area contributed by atoms with Gasteiger partial charge in [-0.15, -0.1) is 0 Å². The van der Waals surface area contributed by atoms with Crippen molar-refractivity contribution in [1.82, 2.24) is 9.80 Å². The van der Waals surface area contributed by atoms with Gasteiger partial charge < -0.3 is 9.64 Å². The van der Waals surface area contributed by atoms with E-state index in [0.717, 1.165) is 76.3 Å². The van der Waals surface area contributed by atoms with Crippen LogP contribution in [0.5, 0.6) is 0 Å². The molecule has 0 spiro atoms. The molecule has 0 N–H and O–H groups in total. The van der Waals surface area contributed by atoms with E-state index in [4.69, 9.17) is 4.74 Å². The third-order valence-corrected chi connectivity index (χ3v) is 7.63. The summed E-state index contributed by atoms with van der Waals surface area (Å²) in [6.45, 7) is 10.7. The summed E-state index contributed by atoms with van der Waals surface area (Å²) in [6.07, 6.45) is 3.25. The summed E-state index contributed by atoms with van der Waals surface area (Å²) in [5.41, 5.74) is 1.56. The SMILES string of the molecule is CC[C@@H](C)[C@@H](CN1CCOCC1)C(C(=O)N1CCCC1)(c1ccccc1)c1ccccc1. The highest BCUT2D eigenvalue weighted by Crippen LogP contribution is 2.46. The Morgan fingerprint density at radius 3 is 1.94 bits per heavy atom. The number of benzene rings is 2. The van der Waals surface area contributed by atoms with Gasteiger partial charge >= 0.3 is 0 Å². The Morgan fingerprint density at radius 2 is 1.44 bits per heavy atom. The number of likely N-dealkylation sites (tertiary alicyclic amines) is 1. The number of ether oxygens (including phenoxy) is 1. The van der Waals surface area contributed by atoms with E-state index in [0.29, 0.717) is 5.92 Å². The third kappa shape index (κ3) is 4.49. The lowest BCUT2D eigenvalue weighted by Gasteiger charge is -2.47. The van der Waals surface area contributed by atoms with E-state index in [2.05, 4.69) is 84.3 Å². The zero-order valence-corrected chi connectivity index (χ0v) is 19.7. The topological polar surface area (TPSA) is 32.8 Å². The van der Waals surface area contributed by atoms with Crippen molar-refractivity contribution in [1.29, 1.82) is 0 Å². The van der Waals surface area contributed by atoms with Crippen LogP contribution in [0.15, 0.2) is 60.7 Å². The fourth-order valence-corrected chi connectivity index (χ4v) is 5.66. The molecule has 2 atom stereocenters. The molecule has 32 heavy (non-hydrogen) atoms. The number of hydrogen-bond acceptors (Lipinski definition) is 3. The molecule has 4 nitrogen and oxygen atoms in total. The fourth-order valence-electron chi connectivity index (χ4n) is 5.66. The first-order valence-electron chi connectivity index (χ1n) is 12.4. The van der Waals surface area contributed by atoms with Crippen LogP contribution < -0.4 is 0 Å². The average molecular weight is 435 g/mol. The predicted octanol–water partition coefficient (Wildman–Crippen LogP) is 4.59. The molecule has 4 rings (SSSR count). The van der Waals surface area contributed by atoms with Crippen molar-refractivity contribution in [3.05, 3.63) is 71.8 Å². The second kappa shape index (κ2) is 10.6. The monoisotopic (exact) mass is 434 g/mol. The third-order valence-electron chi connectivity index (χ3n) is 7.63. The number of rotatable bonds is 8. The average Bonchev–Trinajstić information content (AvgIpc) is 3.40. The Bertz CT molecular complexity index is 803. The summed E-state index contributed by atoms with van der Waals surface area (Å²) in [4.78, 5) is 19.3. The van der Waals surface area contributed by atoms with Crippen LogP contribution in [-0.2, 0) is 14.9 Å². The first-order chi connectivity index (χ1) is 15.7. The van der Waals surface area contributed by atoms with E-state index in [9.17, 15) is 4.79 Å². The summed E-state index contributed by atoms with van der Waals surface area (Å²) in [5, 5.41) is 0. The van der Waals surface area contributed by atoms with Gasteiger partial charge in [-0.1, -0.05) is 80.9 Å². The Morgan fingerprint density at radius 1 is 0.906 bits per heavy atom. The van der Waals surface area contributed by atoms with E-state index < -0.39 is 5.41 Å². The summed E-state index contributed by atoms with van der Waals surface area (Å²) in [7, 11) is 0. The fraction of sp³-hybridized carbons (Fsp3) is 0.536. The van der Waals surface area contributed by atoms with Gasteiger partial charge in [0.1, 0.15) is 5.41 Å². The molecule has 2 saturated heterocycles. The van der Waals surface area contributed by atoms with Gasteiger partial charge in [0.25, 0.3) is 0 Å². The van der Waals surface area contributed by atoms with Crippen LogP contribution in [0.25, 0.3) is 0 Å². The van der Waals surface area contributed by atoms with Crippen molar-refractivity contribution in [3.8, 4) is 0 Å². The second-order valence-electron chi connectivity index (χ2n) is 9.44. The highest BCUT2D eigenvalue weighted by atomic mass is 16.5. The van der Waals surface area contributed by atoms with Crippen molar-refractivity contribution in [2.24, 2.45) is 11.8 Å². The van der Waals surface area contributed by atoms with Gasteiger partial charge in [-0.2, -0.15) is 0 Å². The first kappa shape index (κ1) is 23.0. The van der Waals surface area contributed by atoms with Crippen LogP contribution in [0.2, 0.25) is 0 Å². The number of hydrogen-bond donors (Lipinski definition) is 0. The highest BCUT2D eigenvalue weighted by Gasteiger charge is 2.52. The van der Waals surface area contributed by atoms with E-state index in [-0.39, 0.29) is 11.8 Å². The van der Waals surface area contributed by atoms with Crippen molar-refractivity contribution in [2.45, 2.75) is 38.5 Å². The first-order valence-corrected chi connectivity index (χ1v) is 12.4. The maximum atomic E-state index is 14.7. The largest absolute Gasteiger partial charge is 0.379 e. The van der Waals surface area contributed by atoms with Crippen LogP contribution in [0.3, 0.4) is 0 Å². The van der Waals surface area contributed by atoms with Crippen LogP contribution >= 0.6 is 0 Å². The molecule has 0 bridgehead atoms. The number of carbonyl (C=O) groups excluding carboxylic acids is 1. The second-order valence-corrected chi connectivity index (χ2v) is 9.44. The molecule has 0 aromatic heterocycles. The van der Waals surface area contributed by atoms with Crippen molar-refractivity contribution >= 4 is 5.91 Å². The Hall–Kier alpha value is -2.17. The molecule has 2 aliphatic rings. The molecular formula is C28H38N2O2. The summed E-state index contributed by atoms with van der Waals surface area (Å²) >= 11 is 0. The molecule has 0 saturated carbocycles. The van der Waals surface area contributed by atoms with E-state index in [1.54, 1.807) is 0 Å². The van der Waals surface area contributed by atoms with Crippen LogP contribution in [-0.4, -0.2) is 61.6 Å². The Kier molecular flexibility index (Phi) is 7.64. The normalized spacial score (nSPS) is 19.6. The lowest BCUT2D eigenvalue weighted by atomic mass is 9.60. The molecule has 172 valence electrons. The van der Waals surface area contributed by atoms with Gasteiger partial charge in [0, 0.05) is 32.7 Å². The van der Waals surface area contributed by atoms with Gasteiger partial charge in [0.15, 0.2) is 0 Å². The Labute approximate surface area is 193 Å². The van der Waals surface area contributed by atoms with Gasteiger partial charge in [-0.3, -0.25) is 9.69 Å². The van der Waals surface area contributed by atoms with Gasteiger partial charge in [0.2, 0.25) is 5.91 Å². The molecule has 2 aliphatic heterocycles. The minimum absolute atomic E-state index is 0.170. The zero-order valence-electron chi connectivity index (χ0n) is 19.7. The quantitative estimate of drug-likeness (QED) is 0.609. The number of amides is 1. The Balaban J connectivity index is 1.91. The van der Waals surface area contributed by atoms with Crippen molar-refractivity contribution < 1.29 is 9.53 Å². The summed E-state index contributed by atoms with van der Waals surface area (Å²) in [5.74, 6) is 0.847. The molecule has 0 unspecified atom stereocenters. The van der Waals surface area contributed by atoms with Gasteiger partial charge in [-0.25, -0.2) is 0 Å². The van der Waals surface area contributed by atoms with Gasteiger partial charge in [-0.05, 0) is 35.8 Å². The molecule has 2 aromatic carbocycles. The smallest absolute Gasteiger partial charge is 0.238 e. The predicted molar refractivity (Wildman–Crippen MR) is 130 cm³/mol. The molecule has 2 fully saturated rings. The lowest BCUT2D eigenvalue weighted by Crippen LogP contribution is -2.56. The van der Waals surface area contributed by atoms with E-state index in [1.165, 1.54) is 0 Å². The maximum Gasteiger partial charge on any atom is 0.238 e. The molecule has 4 heteroatoms. The summed E-state index contributed by atoms with van der Waals surface area (Å²) in [6, 6.07) is 21.2.